The lowest BCUT2D eigenvalue weighted by Crippen LogP contribution is -2.39. The van der Waals surface area contributed by atoms with Crippen LogP contribution in [0.2, 0.25) is 0 Å². The second-order valence-electron chi connectivity index (χ2n) is 9.86. The van der Waals surface area contributed by atoms with Gasteiger partial charge in [-0.25, -0.2) is 9.78 Å². The summed E-state index contributed by atoms with van der Waals surface area (Å²) in [5, 5.41) is 0. The van der Waals surface area contributed by atoms with Crippen LogP contribution in [0.25, 0.3) is 6.08 Å². The molecule has 37 heavy (non-hydrogen) atoms. The van der Waals surface area contributed by atoms with Crippen molar-refractivity contribution in [3.8, 4) is 0 Å². The number of rotatable bonds is 9. The first kappa shape index (κ1) is 28.9. The highest BCUT2D eigenvalue weighted by molar-refractivity contribution is 5.82. The highest BCUT2D eigenvalue weighted by Gasteiger charge is 2.33. The zero-order chi connectivity index (χ0) is 26.6. The average molecular weight is 516 g/mol. The van der Waals surface area contributed by atoms with E-state index in [-0.39, 0.29) is 42.9 Å². The van der Waals surface area contributed by atoms with Gasteiger partial charge in [-0.3, -0.25) is 4.79 Å². The lowest BCUT2D eigenvalue weighted by atomic mass is 9.95. The largest absolute Gasteiger partial charge is 0.462 e. The van der Waals surface area contributed by atoms with Gasteiger partial charge in [0.05, 0.1) is 30.4 Å². The number of hydrogen-bond donors (Lipinski definition) is 0. The molecule has 8 heteroatoms. The third-order valence-corrected chi connectivity index (χ3v) is 6.55. The van der Waals surface area contributed by atoms with E-state index in [9.17, 15) is 9.59 Å². The van der Waals surface area contributed by atoms with Gasteiger partial charge in [-0.2, -0.15) is 0 Å². The molecule has 2 aliphatic rings. The lowest BCUT2D eigenvalue weighted by Gasteiger charge is -2.34. The van der Waals surface area contributed by atoms with Crippen molar-refractivity contribution in [1.29, 1.82) is 0 Å². The van der Waals surface area contributed by atoms with Gasteiger partial charge in [-0.15, -0.1) is 0 Å². The molecule has 5 atom stereocenters. The molecule has 1 saturated heterocycles. The SMILES string of the molecule is C/C=C\c1nc(CC/C=C\C(=O)O[C@H]2C[C@@H]3CC(=O)O[C@@H](CCC)C[C@@H](OC)C/C(C)=C\[C@H](C2)O3)co1. The maximum absolute atomic E-state index is 12.7. The van der Waals surface area contributed by atoms with Crippen LogP contribution in [0.5, 0.6) is 0 Å². The monoisotopic (exact) mass is 515 g/mol. The van der Waals surface area contributed by atoms with Crippen LogP contribution in [0.15, 0.2) is 40.6 Å². The van der Waals surface area contributed by atoms with Crippen LogP contribution in [-0.2, 0) is 35.0 Å². The Morgan fingerprint density at radius 2 is 2.05 bits per heavy atom. The molecule has 0 saturated carbocycles. The number of methoxy groups -OCH3 is 1. The average Bonchev–Trinajstić information content (AvgIpc) is 3.28. The van der Waals surface area contributed by atoms with Crippen molar-refractivity contribution in [3.63, 3.8) is 0 Å². The van der Waals surface area contributed by atoms with E-state index in [0.29, 0.717) is 38.0 Å². The molecule has 1 aromatic rings. The van der Waals surface area contributed by atoms with E-state index in [1.807, 2.05) is 13.0 Å². The Morgan fingerprint density at radius 3 is 2.81 bits per heavy atom. The minimum absolute atomic E-state index is 0.0369. The topological polar surface area (TPSA) is 97.1 Å². The van der Waals surface area contributed by atoms with Gasteiger partial charge in [-0.1, -0.05) is 37.1 Å². The number of fused-ring (bicyclic) bond motifs is 2. The van der Waals surface area contributed by atoms with E-state index in [2.05, 4.69) is 24.9 Å². The third-order valence-electron chi connectivity index (χ3n) is 6.55. The number of allylic oxidation sites excluding steroid dienone is 2. The minimum Gasteiger partial charge on any atom is -0.462 e. The van der Waals surface area contributed by atoms with Crippen LogP contribution in [0.3, 0.4) is 0 Å². The zero-order valence-electron chi connectivity index (χ0n) is 22.5. The van der Waals surface area contributed by atoms with Gasteiger partial charge in [0.2, 0.25) is 5.89 Å². The fourth-order valence-electron chi connectivity index (χ4n) is 4.88. The molecule has 1 fully saturated rings. The van der Waals surface area contributed by atoms with Crippen LogP contribution >= 0.6 is 0 Å². The number of esters is 2. The molecule has 0 N–H and O–H groups in total. The number of carbonyl (C=O) groups excluding carboxylic acids is 2. The van der Waals surface area contributed by atoms with Gasteiger partial charge in [0.25, 0.3) is 0 Å². The maximum atomic E-state index is 12.7. The van der Waals surface area contributed by atoms with Crippen molar-refractivity contribution in [1.82, 2.24) is 4.98 Å². The summed E-state index contributed by atoms with van der Waals surface area (Å²) in [6, 6.07) is 0. The van der Waals surface area contributed by atoms with Crippen molar-refractivity contribution in [2.24, 2.45) is 0 Å². The van der Waals surface area contributed by atoms with Crippen LogP contribution in [0, 0.1) is 0 Å². The number of aryl methyl sites for hydroxylation is 1. The quantitative estimate of drug-likeness (QED) is 0.241. The summed E-state index contributed by atoms with van der Waals surface area (Å²) in [5.74, 6) is -0.107. The minimum atomic E-state index is -0.397. The molecule has 1 aromatic heterocycles. The first-order chi connectivity index (χ1) is 17.9. The highest BCUT2D eigenvalue weighted by Crippen LogP contribution is 2.29. The fraction of sp³-hybridized carbons (Fsp3) is 0.621. The van der Waals surface area contributed by atoms with Crippen molar-refractivity contribution >= 4 is 18.0 Å². The molecule has 0 aliphatic carbocycles. The molecule has 3 heterocycles. The Bertz CT molecular complexity index is 963. The number of nitrogens with zero attached hydrogens (tertiary/aromatic N) is 1. The summed E-state index contributed by atoms with van der Waals surface area (Å²) in [7, 11) is 1.69. The number of ether oxygens (including phenoxy) is 4. The molecule has 2 aliphatic heterocycles. The van der Waals surface area contributed by atoms with E-state index < -0.39 is 5.97 Å². The first-order valence-electron chi connectivity index (χ1n) is 13.4. The zero-order valence-corrected chi connectivity index (χ0v) is 22.5. The van der Waals surface area contributed by atoms with Crippen molar-refractivity contribution < 1.29 is 33.0 Å². The Balaban J connectivity index is 1.59. The van der Waals surface area contributed by atoms with Crippen molar-refractivity contribution in [2.45, 2.75) is 109 Å². The molecule has 0 spiro atoms. The lowest BCUT2D eigenvalue weighted by molar-refractivity contribution is -0.163. The molecular formula is C29H41NO7. The third kappa shape index (κ3) is 9.93. The van der Waals surface area contributed by atoms with Gasteiger partial charge in [0.15, 0.2) is 0 Å². The molecule has 0 radical (unpaired) electrons. The maximum Gasteiger partial charge on any atom is 0.330 e. The first-order valence-corrected chi connectivity index (χ1v) is 13.4. The molecule has 204 valence electrons. The Hall–Kier alpha value is -2.71. The van der Waals surface area contributed by atoms with Gasteiger partial charge >= 0.3 is 11.9 Å². The predicted molar refractivity (Wildman–Crippen MR) is 140 cm³/mol. The van der Waals surface area contributed by atoms with Crippen LogP contribution in [-0.4, -0.2) is 54.6 Å². The Kier molecular flexibility index (Phi) is 11.6. The van der Waals surface area contributed by atoms with Gasteiger partial charge in [0, 0.05) is 32.4 Å². The standard InChI is InChI=1S/C29H41NO7/c1-5-9-22-15-23(33-4)13-20(3)14-24-16-25(17-26(35-24)18-29(32)36-22)37-28(31)12-8-7-11-21-19-34-27(30-21)10-6-2/h6,8,10,12,14,19,22-26H,5,7,9,11,13,15-18H2,1-4H3/b10-6-,12-8-,20-14-/t22-,23-,24+,25+,26+/m0/s1. The van der Waals surface area contributed by atoms with Gasteiger partial charge in [-0.05, 0) is 45.6 Å². The van der Waals surface area contributed by atoms with E-state index in [1.54, 1.807) is 25.5 Å². The van der Waals surface area contributed by atoms with E-state index in [4.69, 9.17) is 23.4 Å². The number of carbonyl (C=O) groups is 2. The number of oxazole rings is 1. The number of hydrogen-bond acceptors (Lipinski definition) is 8. The normalized spacial score (nSPS) is 28.8. The molecule has 3 rings (SSSR count). The summed E-state index contributed by atoms with van der Waals surface area (Å²) < 4.78 is 28.8. The van der Waals surface area contributed by atoms with Crippen LogP contribution < -0.4 is 0 Å². The highest BCUT2D eigenvalue weighted by atomic mass is 16.6. The summed E-state index contributed by atoms with van der Waals surface area (Å²) in [6.45, 7) is 6.04. The summed E-state index contributed by atoms with van der Waals surface area (Å²) in [6.07, 6.45) is 15.0. The molecule has 0 aromatic carbocycles. The van der Waals surface area contributed by atoms with E-state index >= 15 is 0 Å². The predicted octanol–water partition coefficient (Wildman–Crippen LogP) is 5.51. The second-order valence-corrected chi connectivity index (χ2v) is 9.86. The smallest absolute Gasteiger partial charge is 0.330 e. The van der Waals surface area contributed by atoms with E-state index in [1.165, 1.54) is 6.08 Å². The Labute approximate surface area is 220 Å². The van der Waals surface area contributed by atoms with Crippen molar-refractivity contribution in [3.05, 3.63) is 47.7 Å². The molecule has 0 amide bonds. The van der Waals surface area contributed by atoms with Crippen LogP contribution in [0.1, 0.15) is 83.7 Å². The second kappa shape index (κ2) is 14.9. The fourth-order valence-corrected chi connectivity index (χ4v) is 4.88. The summed E-state index contributed by atoms with van der Waals surface area (Å²) >= 11 is 0. The summed E-state index contributed by atoms with van der Waals surface area (Å²) in [4.78, 5) is 29.6. The number of cyclic esters (lactones) is 1. The van der Waals surface area contributed by atoms with Gasteiger partial charge in [0.1, 0.15) is 18.5 Å². The summed E-state index contributed by atoms with van der Waals surface area (Å²) in [5.41, 5.74) is 1.98. The van der Waals surface area contributed by atoms with Crippen molar-refractivity contribution in [2.75, 3.05) is 7.11 Å². The molecular weight excluding hydrogens is 474 g/mol. The van der Waals surface area contributed by atoms with E-state index in [0.717, 1.165) is 30.5 Å². The molecule has 2 bridgehead atoms. The number of aromatic nitrogens is 1. The van der Waals surface area contributed by atoms with Gasteiger partial charge < -0.3 is 23.4 Å². The Morgan fingerprint density at radius 1 is 1.22 bits per heavy atom. The molecule has 8 nitrogen and oxygen atoms in total. The van der Waals surface area contributed by atoms with Crippen LogP contribution in [0.4, 0.5) is 0 Å². The molecule has 0 unspecified atom stereocenters.